The molecule has 0 unspecified atom stereocenters. The van der Waals surface area contributed by atoms with Crippen molar-refractivity contribution in [3.05, 3.63) is 54.1 Å². The number of carbonyl (C=O) groups is 1. The van der Waals surface area contributed by atoms with Gasteiger partial charge in [0.2, 0.25) is 0 Å². The van der Waals surface area contributed by atoms with Gasteiger partial charge in [-0.25, -0.2) is 0 Å². The third kappa shape index (κ3) is 3.77. The second-order valence-corrected chi connectivity index (χ2v) is 5.02. The summed E-state index contributed by atoms with van der Waals surface area (Å²) in [6.07, 6.45) is 0. The van der Waals surface area contributed by atoms with Crippen molar-refractivity contribution in [3.8, 4) is 23.0 Å². The molecule has 7 nitrogen and oxygen atoms in total. The van der Waals surface area contributed by atoms with E-state index in [1.165, 1.54) is 0 Å². The number of benzene rings is 2. The highest BCUT2D eigenvalue weighted by Gasteiger charge is 2.15. The molecule has 2 aromatic carbocycles. The summed E-state index contributed by atoms with van der Waals surface area (Å²) < 4.78 is 16.1. The van der Waals surface area contributed by atoms with Crippen molar-refractivity contribution < 1.29 is 18.7 Å². The van der Waals surface area contributed by atoms with Crippen molar-refractivity contribution in [1.82, 2.24) is 10.2 Å². The molecule has 0 atom stereocenters. The number of nitrogens with zero attached hydrogens (tertiary/aromatic N) is 2. The van der Waals surface area contributed by atoms with Crippen molar-refractivity contribution in [2.75, 3.05) is 19.0 Å². The van der Waals surface area contributed by atoms with Crippen LogP contribution in [0.3, 0.4) is 0 Å². The molecule has 1 aromatic heterocycles. The molecular formula is C18H17N3O4. The first kappa shape index (κ1) is 16.5. The quantitative estimate of drug-likeness (QED) is 0.741. The van der Waals surface area contributed by atoms with Crippen LogP contribution in [-0.4, -0.2) is 29.8 Å². The minimum Gasteiger partial charge on any atom is -0.497 e. The molecule has 1 amide bonds. The fourth-order valence-corrected chi connectivity index (χ4v) is 2.22. The molecule has 0 saturated carbocycles. The van der Waals surface area contributed by atoms with Gasteiger partial charge < -0.3 is 13.9 Å². The minimum absolute atomic E-state index is 0.0159. The van der Waals surface area contributed by atoms with Crippen molar-refractivity contribution in [1.29, 1.82) is 0 Å². The molecule has 0 saturated heterocycles. The van der Waals surface area contributed by atoms with E-state index in [1.807, 2.05) is 31.2 Å². The van der Waals surface area contributed by atoms with Crippen LogP contribution in [0.4, 0.5) is 6.01 Å². The number of ether oxygens (including phenoxy) is 2. The summed E-state index contributed by atoms with van der Waals surface area (Å²) in [5, 5.41) is 10.4. The zero-order valence-electron chi connectivity index (χ0n) is 13.9. The van der Waals surface area contributed by atoms with Gasteiger partial charge in [-0.3, -0.25) is 10.1 Å². The number of carbonyl (C=O) groups excluding carboxylic acids is 1. The monoisotopic (exact) mass is 339 g/mol. The van der Waals surface area contributed by atoms with Gasteiger partial charge in [0.15, 0.2) is 0 Å². The first-order valence-electron chi connectivity index (χ1n) is 7.72. The normalized spacial score (nSPS) is 10.3. The lowest BCUT2D eigenvalue weighted by Crippen LogP contribution is -2.11. The van der Waals surface area contributed by atoms with Gasteiger partial charge in [-0.05, 0) is 43.3 Å². The summed E-state index contributed by atoms with van der Waals surface area (Å²) in [5.41, 5.74) is 1.12. The Morgan fingerprint density at radius 2 is 1.88 bits per heavy atom. The third-order valence-corrected chi connectivity index (χ3v) is 3.41. The molecule has 0 fully saturated rings. The average Bonchev–Trinajstić information content (AvgIpc) is 3.11. The maximum Gasteiger partial charge on any atom is 0.322 e. The third-order valence-electron chi connectivity index (χ3n) is 3.41. The number of anilines is 1. The Bertz CT molecular complexity index is 859. The molecule has 0 aliphatic carbocycles. The second-order valence-electron chi connectivity index (χ2n) is 5.02. The number of hydrogen-bond acceptors (Lipinski definition) is 6. The lowest BCUT2D eigenvalue weighted by Gasteiger charge is -2.06. The van der Waals surface area contributed by atoms with Crippen LogP contribution in [0.15, 0.2) is 52.9 Å². The molecule has 3 aromatic rings. The topological polar surface area (TPSA) is 86.5 Å². The van der Waals surface area contributed by atoms with Gasteiger partial charge in [-0.2, -0.15) is 0 Å². The van der Waals surface area contributed by atoms with Crippen LogP contribution in [0.1, 0.15) is 17.3 Å². The minimum atomic E-state index is -0.351. The maximum absolute atomic E-state index is 12.2. The SMILES string of the molecule is CCOc1ccccc1-c1nnc(NC(=O)c2ccc(OC)cc2)o1. The van der Waals surface area contributed by atoms with Crippen LogP contribution in [0, 0.1) is 0 Å². The molecular weight excluding hydrogens is 322 g/mol. The van der Waals surface area contributed by atoms with E-state index >= 15 is 0 Å². The highest BCUT2D eigenvalue weighted by atomic mass is 16.5. The first-order valence-corrected chi connectivity index (χ1v) is 7.72. The van der Waals surface area contributed by atoms with E-state index in [0.717, 1.165) is 0 Å². The predicted molar refractivity (Wildman–Crippen MR) is 91.9 cm³/mol. The van der Waals surface area contributed by atoms with Crippen LogP contribution in [0.5, 0.6) is 11.5 Å². The van der Waals surface area contributed by atoms with Crippen molar-refractivity contribution in [2.24, 2.45) is 0 Å². The highest BCUT2D eigenvalue weighted by Crippen LogP contribution is 2.29. The number of para-hydroxylation sites is 1. The van der Waals surface area contributed by atoms with Gasteiger partial charge in [-0.15, -0.1) is 5.10 Å². The fourth-order valence-electron chi connectivity index (χ4n) is 2.22. The lowest BCUT2D eigenvalue weighted by atomic mass is 10.2. The highest BCUT2D eigenvalue weighted by molar-refractivity contribution is 6.03. The fraction of sp³-hybridized carbons (Fsp3) is 0.167. The Morgan fingerprint density at radius 1 is 1.12 bits per heavy atom. The molecule has 0 bridgehead atoms. The Morgan fingerprint density at radius 3 is 2.60 bits per heavy atom. The summed E-state index contributed by atoms with van der Waals surface area (Å²) in [6, 6.07) is 14.0. The molecule has 1 heterocycles. The smallest absolute Gasteiger partial charge is 0.322 e. The lowest BCUT2D eigenvalue weighted by molar-refractivity contribution is 0.102. The van der Waals surface area contributed by atoms with E-state index in [1.54, 1.807) is 31.4 Å². The Balaban J connectivity index is 1.76. The second kappa shape index (κ2) is 7.48. The summed E-state index contributed by atoms with van der Waals surface area (Å²) in [7, 11) is 1.56. The predicted octanol–water partition coefficient (Wildman–Crippen LogP) is 3.40. The van der Waals surface area contributed by atoms with E-state index in [9.17, 15) is 4.79 Å². The van der Waals surface area contributed by atoms with Crippen LogP contribution in [-0.2, 0) is 0 Å². The molecule has 0 aliphatic rings. The van der Waals surface area contributed by atoms with Gasteiger partial charge in [0, 0.05) is 5.56 Å². The van der Waals surface area contributed by atoms with E-state index in [0.29, 0.717) is 29.2 Å². The molecule has 3 rings (SSSR count). The number of amides is 1. The van der Waals surface area contributed by atoms with Crippen molar-refractivity contribution in [2.45, 2.75) is 6.92 Å². The van der Waals surface area contributed by atoms with Crippen LogP contribution < -0.4 is 14.8 Å². The van der Waals surface area contributed by atoms with E-state index < -0.39 is 0 Å². The van der Waals surface area contributed by atoms with Crippen LogP contribution in [0.25, 0.3) is 11.5 Å². The van der Waals surface area contributed by atoms with Gasteiger partial charge >= 0.3 is 6.01 Å². The van der Waals surface area contributed by atoms with Crippen molar-refractivity contribution >= 4 is 11.9 Å². The molecule has 0 spiro atoms. The first-order chi connectivity index (χ1) is 12.2. The average molecular weight is 339 g/mol. The van der Waals surface area contributed by atoms with Gasteiger partial charge in [-0.1, -0.05) is 17.2 Å². The Labute approximate surface area is 144 Å². The zero-order chi connectivity index (χ0) is 17.6. The van der Waals surface area contributed by atoms with Gasteiger partial charge in [0.1, 0.15) is 11.5 Å². The summed E-state index contributed by atoms with van der Waals surface area (Å²) in [5.74, 6) is 1.23. The largest absolute Gasteiger partial charge is 0.497 e. The number of rotatable bonds is 6. The van der Waals surface area contributed by atoms with Crippen LogP contribution in [0.2, 0.25) is 0 Å². The number of aromatic nitrogens is 2. The van der Waals surface area contributed by atoms with Gasteiger partial charge in [0.05, 0.1) is 19.3 Å². The summed E-state index contributed by atoms with van der Waals surface area (Å²) in [6.45, 7) is 2.41. The van der Waals surface area contributed by atoms with Crippen molar-refractivity contribution in [3.63, 3.8) is 0 Å². The van der Waals surface area contributed by atoms with Gasteiger partial charge in [0.25, 0.3) is 11.8 Å². The Kier molecular flexibility index (Phi) is 4.94. The van der Waals surface area contributed by atoms with E-state index in [2.05, 4.69) is 15.5 Å². The molecule has 7 heteroatoms. The number of methoxy groups -OCH3 is 1. The van der Waals surface area contributed by atoms with E-state index in [-0.39, 0.29) is 17.8 Å². The summed E-state index contributed by atoms with van der Waals surface area (Å²) >= 11 is 0. The Hall–Kier alpha value is -3.35. The molecule has 1 N–H and O–H groups in total. The molecule has 128 valence electrons. The number of hydrogen-bond donors (Lipinski definition) is 1. The molecule has 0 radical (unpaired) electrons. The zero-order valence-corrected chi connectivity index (χ0v) is 13.9. The maximum atomic E-state index is 12.2. The number of nitrogens with one attached hydrogen (secondary N) is 1. The van der Waals surface area contributed by atoms with Crippen LogP contribution >= 0.6 is 0 Å². The van der Waals surface area contributed by atoms with E-state index in [4.69, 9.17) is 13.9 Å². The standard InChI is InChI=1S/C18H17N3O4/c1-3-24-15-7-5-4-6-14(15)17-20-21-18(25-17)19-16(22)12-8-10-13(23-2)11-9-12/h4-11H,3H2,1-2H3,(H,19,21,22). The summed E-state index contributed by atoms with van der Waals surface area (Å²) in [4.78, 5) is 12.2. The molecule has 0 aliphatic heterocycles. The molecule has 25 heavy (non-hydrogen) atoms.